The summed E-state index contributed by atoms with van der Waals surface area (Å²) in [5.74, 6) is 0. The quantitative estimate of drug-likeness (QED) is 0.665. The molecule has 3 heteroatoms. The minimum atomic E-state index is 0.785. The van der Waals surface area contributed by atoms with Crippen molar-refractivity contribution in [3.8, 4) is 0 Å². The Hall–Kier alpha value is -1.09. The molecule has 1 heterocycles. The molecule has 0 bridgehead atoms. The van der Waals surface area contributed by atoms with Crippen LogP contribution in [0, 0.1) is 0 Å². The van der Waals surface area contributed by atoms with Gasteiger partial charge in [-0.15, -0.1) is 11.3 Å². The van der Waals surface area contributed by atoms with Crippen molar-refractivity contribution in [2.45, 2.75) is 0 Å². The number of carbonyl (C=O) groups is 1. The first-order chi connectivity index (χ1) is 5.74. The molecule has 2 nitrogen and oxygen atoms in total. The van der Waals surface area contributed by atoms with Gasteiger partial charge >= 0.3 is 0 Å². The molecule has 1 rings (SSSR count). The summed E-state index contributed by atoms with van der Waals surface area (Å²) in [6, 6.07) is 1.94. The Morgan fingerprint density at radius 3 is 2.83 bits per heavy atom. The molecule has 0 fully saturated rings. The van der Waals surface area contributed by atoms with Crippen LogP contribution >= 0.6 is 11.3 Å². The van der Waals surface area contributed by atoms with E-state index in [-0.39, 0.29) is 0 Å². The predicted molar refractivity (Wildman–Crippen MR) is 52.4 cm³/mol. The number of carbonyl (C=O) groups excluding carboxylic acids is 1. The van der Waals surface area contributed by atoms with Crippen molar-refractivity contribution >= 4 is 23.7 Å². The van der Waals surface area contributed by atoms with Crippen LogP contribution in [0.3, 0.4) is 0 Å². The maximum Gasteiger partial charge on any atom is 0.160 e. The number of rotatable bonds is 3. The van der Waals surface area contributed by atoms with Crippen molar-refractivity contribution in [3.63, 3.8) is 0 Å². The van der Waals surface area contributed by atoms with Crippen molar-refractivity contribution in [1.82, 2.24) is 4.90 Å². The minimum absolute atomic E-state index is 0.785. The number of nitrogens with zero attached hydrogens (tertiary/aromatic N) is 1. The van der Waals surface area contributed by atoms with E-state index in [1.165, 1.54) is 11.3 Å². The minimum Gasteiger partial charge on any atom is -0.383 e. The highest BCUT2D eigenvalue weighted by molar-refractivity contribution is 7.11. The molecule has 0 amide bonds. The van der Waals surface area contributed by atoms with Gasteiger partial charge in [0, 0.05) is 14.1 Å². The fraction of sp³-hybridized carbons (Fsp3) is 0.222. The third-order valence-electron chi connectivity index (χ3n) is 1.39. The highest BCUT2D eigenvalue weighted by Gasteiger charge is 1.97. The zero-order valence-corrected chi connectivity index (χ0v) is 7.97. The summed E-state index contributed by atoms with van der Waals surface area (Å²) in [4.78, 5) is 13.2. The first kappa shape index (κ1) is 9.00. The Morgan fingerprint density at radius 2 is 2.25 bits per heavy atom. The lowest BCUT2D eigenvalue weighted by Gasteiger charge is -2.02. The highest BCUT2D eigenvalue weighted by Crippen LogP contribution is 2.15. The molecule has 0 spiro atoms. The zero-order chi connectivity index (χ0) is 8.97. The van der Waals surface area contributed by atoms with E-state index >= 15 is 0 Å². The second-order valence-corrected chi connectivity index (χ2v) is 3.59. The molecule has 0 aromatic carbocycles. The Balaban J connectivity index is 2.81. The van der Waals surface area contributed by atoms with Gasteiger partial charge < -0.3 is 4.90 Å². The topological polar surface area (TPSA) is 20.3 Å². The molecule has 0 saturated heterocycles. The number of hydrogen-bond acceptors (Lipinski definition) is 3. The summed E-state index contributed by atoms with van der Waals surface area (Å²) in [6.45, 7) is 0. The van der Waals surface area contributed by atoms with E-state index in [1.807, 2.05) is 42.7 Å². The molecule has 64 valence electrons. The van der Waals surface area contributed by atoms with Gasteiger partial charge in [0.1, 0.15) is 0 Å². The van der Waals surface area contributed by atoms with Crippen LogP contribution in [0.2, 0.25) is 0 Å². The van der Waals surface area contributed by atoms with Crippen LogP contribution in [0.5, 0.6) is 0 Å². The Labute approximate surface area is 76.1 Å². The van der Waals surface area contributed by atoms with Crippen LogP contribution < -0.4 is 0 Å². The van der Waals surface area contributed by atoms with Crippen molar-refractivity contribution in [2.75, 3.05) is 14.1 Å². The summed E-state index contributed by atoms with van der Waals surface area (Å²) in [5.41, 5.74) is 0.990. The number of hydrogen-bond donors (Lipinski definition) is 0. The summed E-state index contributed by atoms with van der Waals surface area (Å²) in [7, 11) is 3.90. The first-order valence-electron chi connectivity index (χ1n) is 3.61. The molecule has 0 atom stereocenters. The van der Waals surface area contributed by atoms with Crippen molar-refractivity contribution in [3.05, 3.63) is 28.1 Å². The van der Waals surface area contributed by atoms with Gasteiger partial charge in [0.25, 0.3) is 0 Å². The van der Waals surface area contributed by atoms with Crippen LogP contribution in [-0.4, -0.2) is 25.3 Å². The second kappa shape index (κ2) is 4.07. The average Bonchev–Trinajstić information content (AvgIpc) is 2.47. The average molecular weight is 181 g/mol. The van der Waals surface area contributed by atoms with E-state index in [4.69, 9.17) is 0 Å². The third kappa shape index (κ3) is 2.20. The monoisotopic (exact) mass is 181 g/mol. The fourth-order valence-corrected chi connectivity index (χ4v) is 1.48. The van der Waals surface area contributed by atoms with E-state index in [1.54, 1.807) is 0 Å². The summed E-state index contributed by atoms with van der Waals surface area (Å²) < 4.78 is 0. The Morgan fingerprint density at radius 1 is 1.50 bits per heavy atom. The highest BCUT2D eigenvalue weighted by atomic mass is 32.1. The summed E-state index contributed by atoms with van der Waals surface area (Å²) >= 11 is 1.46. The molecule has 0 aliphatic rings. The maximum atomic E-state index is 10.5. The predicted octanol–water partition coefficient (Wildman–Crippen LogP) is 2.09. The van der Waals surface area contributed by atoms with Crippen molar-refractivity contribution in [1.29, 1.82) is 0 Å². The van der Waals surface area contributed by atoms with Crippen LogP contribution in [0.25, 0.3) is 6.08 Å². The molecular formula is C9H11NOS. The molecule has 0 aliphatic carbocycles. The van der Waals surface area contributed by atoms with E-state index in [0.717, 1.165) is 16.7 Å². The van der Waals surface area contributed by atoms with Crippen LogP contribution in [-0.2, 0) is 0 Å². The largest absolute Gasteiger partial charge is 0.383 e. The summed E-state index contributed by atoms with van der Waals surface area (Å²) in [6.07, 6.45) is 4.75. The molecule has 1 aromatic rings. The number of aldehydes is 1. The van der Waals surface area contributed by atoms with Gasteiger partial charge in [-0.2, -0.15) is 0 Å². The maximum absolute atomic E-state index is 10.5. The molecule has 1 aromatic heterocycles. The lowest BCUT2D eigenvalue weighted by atomic mass is 10.2. The molecule has 0 radical (unpaired) electrons. The Bertz CT molecular complexity index is 288. The van der Waals surface area contributed by atoms with Gasteiger partial charge in [0.15, 0.2) is 6.29 Å². The van der Waals surface area contributed by atoms with E-state index in [2.05, 4.69) is 0 Å². The normalized spacial score (nSPS) is 10.5. The molecule has 0 N–H and O–H groups in total. The van der Waals surface area contributed by atoms with Gasteiger partial charge in [-0.1, -0.05) is 0 Å². The van der Waals surface area contributed by atoms with Crippen molar-refractivity contribution in [2.24, 2.45) is 0 Å². The smallest absolute Gasteiger partial charge is 0.160 e. The van der Waals surface area contributed by atoms with E-state index in [9.17, 15) is 4.79 Å². The van der Waals surface area contributed by atoms with Crippen molar-refractivity contribution < 1.29 is 4.79 Å². The Kier molecular flexibility index (Phi) is 3.05. The second-order valence-electron chi connectivity index (χ2n) is 2.64. The lowest BCUT2D eigenvalue weighted by Crippen LogP contribution is -1.99. The summed E-state index contributed by atoms with van der Waals surface area (Å²) in [5, 5.41) is 1.92. The molecule has 12 heavy (non-hydrogen) atoms. The van der Waals surface area contributed by atoms with Crippen LogP contribution in [0.4, 0.5) is 0 Å². The SMILES string of the molecule is CN(C)/C=C\c1ccsc1C=O. The standard InChI is InChI=1S/C9H11NOS/c1-10(2)5-3-8-4-6-12-9(8)7-11/h3-7H,1-2H3/b5-3-. The van der Waals surface area contributed by atoms with Crippen LogP contribution in [0.15, 0.2) is 17.6 Å². The van der Waals surface area contributed by atoms with Gasteiger partial charge in [-0.3, -0.25) is 4.79 Å². The van der Waals surface area contributed by atoms with Gasteiger partial charge in [0.05, 0.1) is 4.88 Å². The molecule has 0 unspecified atom stereocenters. The molecular weight excluding hydrogens is 170 g/mol. The fourth-order valence-electron chi connectivity index (χ4n) is 0.794. The van der Waals surface area contributed by atoms with Gasteiger partial charge in [0.2, 0.25) is 0 Å². The zero-order valence-electron chi connectivity index (χ0n) is 7.15. The van der Waals surface area contributed by atoms with Gasteiger partial charge in [-0.25, -0.2) is 0 Å². The van der Waals surface area contributed by atoms with E-state index < -0.39 is 0 Å². The van der Waals surface area contributed by atoms with E-state index in [0.29, 0.717) is 0 Å². The number of thiophene rings is 1. The first-order valence-corrected chi connectivity index (χ1v) is 4.49. The van der Waals surface area contributed by atoms with Crippen LogP contribution in [0.1, 0.15) is 15.2 Å². The third-order valence-corrected chi connectivity index (χ3v) is 2.24. The lowest BCUT2D eigenvalue weighted by molar-refractivity contribution is 0.112. The molecule has 0 saturated carbocycles. The van der Waals surface area contributed by atoms with Gasteiger partial charge in [-0.05, 0) is 29.3 Å². The molecule has 0 aliphatic heterocycles.